The van der Waals surface area contributed by atoms with Crippen LogP contribution in [0.4, 0.5) is 4.39 Å². The average Bonchev–Trinajstić information content (AvgIpc) is 2.86. The molecule has 2 aromatic rings. The van der Waals surface area contributed by atoms with Crippen LogP contribution in [0.2, 0.25) is 0 Å². The van der Waals surface area contributed by atoms with Gasteiger partial charge in [0.25, 0.3) is 0 Å². The van der Waals surface area contributed by atoms with E-state index in [1.54, 1.807) is 7.11 Å². The molecular formula is C16H20FN3O. The second-order valence-corrected chi connectivity index (χ2v) is 5.50. The number of hydrogen-bond donors (Lipinski definition) is 0. The highest BCUT2D eigenvalue weighted by Gasteiger charge is 2.30. The Morgan fingerprint density at radius 2 is 2.10 bits per heavy atom. The van der Waals surface area contributed by atoms with Gasteiger partial charge in [0.05, 0.1) is 24.5 Å². The summed E-state index contributed by atoms with van der Waals surface area (Å²) in [5.41, 5.74) is 3.64. The first-order chi connectivity index (χ1) is 10.2. The third-order valence-corrected chi connectivity index (χ3v) is 4.11. The van der Waals surface area contributed by atoms with Crippen LogP contribution in [0.3, 0.4) is 0 Å². The molecule has 1 aliphatic heterocycles. The summed E-state index contributed by atoms with van der Waals surface area (Å²) < 4.78 is 20.4. The van der Waals surface area contributed by atoms with Crippen molar-refractivity contribution in [2.45, 2.75) is 19.0 Å². The number of hydrogen-bond acceptors (Lipinski definition) is 3. The lowest BCUT2D eigenvalue weighted by Gasteiger charge is -2.35. The number of nitrogens with zero attached hydrogens (tertiary/aromatic N) is 3. The fraction of sp³-hybridized carbons (Fsp3) is 0.438. The number of aromatic nitrogens is 2. The van der Waals surface area contributed by atoms with Crippen molar-refractivity contribution in [3.8, 4) is 0 Å². The maximum absolute atomic E-state index is 13.0. The van der Waals surface area contributed by atoms with Gasteiger partial charge in [0, 0.05) is 27.2 Å². The van der Waals surface area contributed by atoms with Gasteiger partial charge in [0.2, 0.25) is 0 Å². The molecule has 0 amide bonds. The normalized spacial score (nSPS) is 18.7. The lowest BCUT2D eigenvalue weighted by molar-refractivity contribution is 0.0734. The maximum atomic E-state index is 13.0. The highest BCUT2D eigenvalue weighted by atomic mass is 19.1. The van der Waals surface area contributed by atoms with Crippen LogP contribution in [0, 0.1) is 5.82 Å². The van der Waals surface area contributed by atoms with Gasteiger partial charge in [-0.1, -0.05) is 12.1 Å². The molecule has 0 N–H and O–H groups in total. The third-order valence-electron chi connectivity index (χ3n) is 4.11. The standard InChI is InChI=1S/C16H20FN3O/c1-19-16-13(9-18-19)7-8-20(15(16)11-21-2)10-12-3-5-14(17)6-4-12/h3-6,9,15H,7-8,10-11H2,1-2H3/t15-/m1/s1. The van der Waals surface area contributed by atoms with Gasteiger partial charge < -0.3 is 4.74 Å². The van der Waals surface area contributed by atoms with Crippen LogP contribution in [0.25, 0.3) is 0 Å². The number of methoxy groups -OCH3 is 1. The summed E-state index contributed by atoms with van der Waals surface area (Å²) in [5.74, 6) is -0.195. The second-order valence-electron chi connectivity index (χ2n) is 5.50. The molecule has 2 heterocycles. The first kappa shape index (κ1) is 14.2. The number of aryl methyl sites for hydroxylation is 1. The predicted molar refractivity (Wildman–Crippen MR) is 78.3 cm³/mol. The van der Waals surface area contributed by atoms with Gasteiger partial charge in [-0.3, -0.25) is 9.58 Å². The van der Waals surface area contributed by atoms with Crippen LogP contribution in [-0.4, -0.2) is 34.9 Å². The van der Waals surface area contributed by atoms with Crippen LogP contribution in [0.15, 0.2) is 30.5 Å². The molecule has 4 nitrogen and oxygen atoms in total. The van der Waals surface area contributed by atoms with Gasteiger partial charge in [0.15, 0.2) is 0 Å². The van der Waals surface area contributed by atoms with Crippen molar-refractivity contribution in [2.75, 3.05) is 20.3 Å². The summed E-state index contributed by atoms with van der Waals surface area (Å²) in [5, 5.41) is 4.37. The van der Waals surface area contributed by atoms with Crippen molar-refractivity contribution < 1.29 is 9.13 Å². The van der Waals surface area contributed by atoms with Gasteiger partial charge in [0.1, 0.15) is 5.82 Å². The Morgan fingerprint density at radius 1 is 1.33 bits per heavy atom. The summed E-state index contributed by atoms with van der Waals surface area (Å²) >= 11 is 0. The summed E-state index contributed by atoms with van der Waals surface area (Å²) in [6, 6.07) is 6.91. The molecule has 21 heavy (non-hydrogen) atoms. The van der Waals surface area contributed by atoms with Crippen LogP contribution < -0.4 is 0 Å². The SMILES string of the molecule is COC[C@@H]1c2c(cnn2C)CCN1Cc1ccc(F)cc1. The van der Waals surface area contributed by atoms with E-state index in [1.807, 2.05) is 30.1 Å². The summed E-state index contributed by atoms with van der Waals surface area (Å²) in [4.78, 5) is 2.38. The zero-order valence-electron chi connectivity index (χ0n) is 12.4. The molecule has 1 aromatic heterocycles. The molecule has 112 valence electrons. The predicted octanol–water partition coefficient (Wildman–Crippen LogP) is 2.31. The van der Waals surface area contributed by atoms with E-state index in [9.17, 15) is 4.39 Å². The molecule has 5 heteroatoms. The van der Waals surface area contributed by atoms with E-state index in [0.29, 0.717) is 6.61 Å². The molecule has 0 bridgehead atoms. The minimum absolute atomic E-state index is 0.191. The van der Waals surface area contributed by atoms with E-state index in [1.165, 1.54) is 23.4 Å². The van der Waals surface area contributed by atoms with Crippen molar-refractivity contribution in [1.29, 1.82) is 0 Å². The second kappa shape index (κ2) is 5.95. The Hall–Kier alpha value is -1.72. The van der Waals surface area contributed by atoms with E-state index in [4.69, 9.17) is 4.74 Å². The fourth-order valence-corrected chi connectivity index (χ4v) is 3.06. The zero-order valence-corrected chi connectivity index (χ0v) is 12.4. The van der Waals surface area contributed by atoms with E-state index in [2.05, 4.69) is 10.00 Å². The van der Waals surface area contributed by atoms with E-state index < -0.39 is 0 Å². The average molecular weight is 289 g/mol. The smallest absolute Gasteiger partial charge is 0.123 e. The first-order valence-corrected chi connectivity index (χ1v) is 7.17. The summed E-state index contributed by atoms with van der Waals surface area (Å²) in [6.45, 7) is 2.39. The number of halogens is 1. The molecule has 0 unspecified atom stereocenters. The lowest BCUT2D eigenvalue weighted by Crippen LogP contribution is -2.38. The number of ether oxygens (including phenoxy) is 1. The van der Waals surface area contributed by atoms with Crippen LogP contribution in [0.1, 0.15) is 22.9 Å². The Morgan fingerprint density at radius 3 is 2.81 bits per heavy atom. The minimum atomic E-state index is -0.195. The van der Waals surface area contributed by atoms with Gasteiger partial charge in [-0.2, -0.15) is 5.10 Å². The van der Waals surface area contributed by atoms with Crippen molar-refractivity contribution in [3.05, 3.63) is 53.1 Å². The summed E-state index contributed by atoms with van der Waals surface area (Å²) in [7, 11) is 3.70. The van der Waals surface area contributed by atoms with Gasteiger partial charge in [-0.25, -0.2) is 4.39 Å². The Bertz CT molecular complexity index is 608. The fourth-order valence-electron chi connectivity index (χ4n) is 3.06. The molecule has 0 saturated heterocycles. The molecule has 0 saturated carbocycles. The van der Waals surface area contributed by atoms with Crippen LogP contribution in [0.5, 0.6) is 0 Å². The van der Waals surface area contributed by atoms with Crippen molar-refractivity contribution >= 4 is 0 Å². The topological polar surface area (TPSA) is 30.3 Å². The van der Waals surface area contributed by atoms with Crippen molar-refractivity contribution in [2.24, 2.45) is 7.05 Å². The van der Waals surface area contributed by atoms with Crippen LogP contribution >= 0.6 is 0 Å². The van der Waals surface area contributed by atoms with E-state index in [0.717, 1.165) is 25.1 Å². The minimum Gasteiger partial charge on any atom is -0.383 e. The molecule has 0 aliphatic carbocycles. The van der Waals surface area contributed by atoms with Crippen molar-refractivity contribution in [1.82, 2.24) is 14.7 Å². The quantitative estimate of drug-likeness (QED) is 0.865. The number of rotatable bonds is 4. The Balaban J connectivity index is 1.84. The molecular weight excluding hydrogens is 269 g/mol. The highest BCUT2D eigenvalue weighted by Crippen LogP contribution is 2.30. The zero-order chi connectivity index (χ0) is 14.8. The molecule has 1 aliphatic rings. The van der Waals surface area contributed by atoms with Gasteiger partial charge in [-0.15, -0.1) is 0 Å². The lowest BCUT2D eigenvalue weighted by atomic mass is 9.99. The maximum Gasteiger partial charge on any atom is 0.123 e. The van der Waals surface area contributed by atoms with Crippen molar-refractivity contribution in [3.63, 3.8) is 0 Å². The molecule has 1 aromatic carbocycles. The highest BCUT2D eigenvalue weighted by molar-refractivity contribution is 5.26. The van der Waals surface area contributed by atoms with Gasteiger partial charge in [-0.05, 0) is 29.7 Å². The third kappa shape index (κ3) is 2.84. The molecule has 0 fully saturated rings. The molecule has 1 atom stereocenters. The van der Waals surface area contributed by atoms with Gasteiger partial charge >= 0.3 is 0 Å². The number of fused-ring (bicyclic) bond motifs is 1. The molecule has 3 rings (SSSR count). The first-order valence-electron chi connectivity index (χ1n) is 7.17. The Kier molecular flexibility index (Phi) is 4.03. The Labute approximate surface area is 124 Å². The van der Waals surface area contributed by atoms with Crippen LogP contribution in [-0.2, 0) is 24.8 Å². The molecule has 0 spiro atoms. The molecule has 0 radical (unpaired) electrons. The largest absolute Gasteiger partial charge is 0.383 e. The van der Waals surface area contributed by atoms with E-state index in [-0.39, 0.29) is 11.9 Å². The summed E-state index contributed by atoms with van der Waals surface area (Å²) in [6.07, 6.45) is 2.94. The van der Waals surface area contributed by atoms with E-state index >= 15 is 0 Å². The number of benzene rings is 1. The monoisotopic (exact) mass is 289 g/mol.